The van der Waals surface area contributed by atoms with E-state index in [9.17, 15) is 4.79 Å². The first-order valence-corrected chi connectivity index (χ1v) is 4.03. The van der Waals surface area contributed by atoms with Gasteiger partial charge in [0, 0.05) is 11.6 Å². The Morgan fingerprint density at radius 2 is 2.42 bits per heavy atom. The fourth-order valence-electron chi connectivity index (χ4n) is 1.46. The summed E-state index contributed by atoms with van der Waals surface area (Å²) in [6.45, 7) is 1.80. The van der Waals surface area contributed by atoms with Crippen LogP contribution in [0.25, 0.3) is 0 Å². The van der Waals surface area contributed by atoms with Gasteiger partial charge in [-0.3, -0.25) is 4.79 Å². The molecule has 0 spiro atoms. The Morgan fingerprint density at radius 1 is 1.58 bits per heavy atom. The van der Waals surface area contributed by atoms with Crippen LogP contribution in [-0.2, 0) is 9.53 Å². The van der Waals surface area contributed by atoms with E-state index in [4.69, 9.17) is 4.74 Å². The van der Waals surface area contributed by atoms with Gasteiger partial charge in [-0.05, 0) is 19.4 Å². The molecule has 0 saturated carbocycles. The van der Waals surface area contributed by atoms with Gasteiger partial charge in [0.25, 0.3) is 0 Å². The molecule has 2 rings (SSSR count). The molecule has 0 aromatic rings. The van der Waals surface area contributed by atoms with Crippen LogP contribution in [0.1, 0.15) is 13.3 Å². The Balaban J connectivity index is 2.37. The monoisotopic (exact) mass is 162 g/mol. The molecule has 2 aliphatic rings. The van der Waals surface area contributed by atoms with Crippen molar-refractivity contribution in [2.75, 3.05) is 0 Å². The van der Waals surface area contributed by atoms with E-state index in [0.29, 0.717) is 5.76 Å². The average molecular weight is 162 g/mol. The van der Waals surface area contributed by atoms with Crippen LogP contribution in [0.3, 0.4) is 0 Å². The number of rotatable bonds is 0. The minimum atomic E-state index is -0.128. The van der Waals surface area contributed by atoms with Gasteiger partial charge in [-0.1, -0.05) is 12.2 Å². The third kappa shape index (κ3) is 1.09. The van der Waals surface area contributed by atoms with Crippen molar-refractivity contribution in [1.82, 2.24) is 0 Å². The Hall–Kier alpha value is -1.31. The van der Waals surface area contributed by atoms with E-state index >= 15 is 0 Å². The third-order valence-electron chi connectivity index (χ3n) is 2.02. The zero-order valence-electron chi connectivity index (χ0n) is 6.91. The van der Waals surface area contributed by atoms with Gasteiger partial charge in [0.1, 0.15) is 6.10 Å². The van der Waals surface area contributed by atoms with Crippen LogP contribution >= 0.6 is 0 Å². The zero-order chi connectivity index (χ0) is 8.55. The van der Waals surface area contributed by atoms with E-state index in [0.717, 1.165) is 12.0 Å². The molecule has 1 aliphatic heterocycles. The quantitative estimate of drug-likeness (QED) is 0.507. The lowest BCUT2D eigenvalue weighted by Gasteiger charge is -2.24. The Labute approximate surface area is 71.2 Å². The van der Waals surface area contributed by atoms with E-state index in [2.05, 4.69) is 0 Å². The average Bonchev–Trinajstić information content (AvgIpc) is 2.04. The van der Waals surface area contributed by atoms with E-state index in [-0.39, 0.29) is 11.9 Å². The molecule has 0 aromatic heterocycles. The summed E-state index contributed by atoms with van der Waals surface area (Å²) in [4.78, 5) is 11.4. The molecule has 2 heteroatoms. The summed E-state index contributed by atoms with van der Waals surface area (Å²) >= 11 is 0. The second kappa shape index (κ2) is 2.63. The first kappa shape index (κ1) is 7.35. The number of ketones is 1. The summed E-state index contributed by atoms with van der Waals surface area (Å²) in [5.41, 5.74) is 0.781. The van der Waals surface area contributed by atoms with E-state index in [1.165, 1.54) is 0 Å². The highest BCUT2D eigenvalue weighted by Crippen LogP contribution is 2.23. The Morgan fingerprint density at radius 3 is 3.25 bits per heavy atom. The van der Waals surface area contributed by atoms with Gasteiger partial charge >= 0.3 is 0 Å². The lowest BCUT2D eigenvalue weighted by Crippen LogP contribution is -2.24. The molecule has 0 radical (unpaired) electrons. The molecule has 0 bridgehead atoms. The van der Waals surface area contributed by atoms with Gasteiger partial charge in [0.2, 0.25) is 0 Å². The maximum Gasteiger partial charge on any atom is 0.188 e. The van der Waals surface area contributed by atoms with Crippen LogP contribution in [0.4, 0.5) is 0 Å². The lowest BCUT2D eigenvalue weighted by molar-refractivity contribution is -0.113. The molecule has 0 amide bonds. The van der Waals surface area contributed by atoms with Crippen molar-refractivity contribution in [2.24, 2.45) is 0 Å². The van der Waals surface area contributed by atoms with Gasteiger partial charge in [-0.15, -0.1) is 0 Å². The topological polar surface area (TPSA) is 26.3 Å². The highest BCUT2D eigenvalue weighted by Gasteiger charge is 2.24. The number of carbonyl (C=O) groups is 1. The van der Waals surface area contributed by atoms with E-state index in [1.807, 2.05) is 18.2 Å². The van der Waals surface area contributed by atoms with Crippen molar-refractivity contribution in [1.29, 1.82) is 0 Å². The first-order valence-electron chi connectivity index (χ1n) is 4.03. The van der Waals surface area contributed by atoms with Crippen molar-refractivity contribution >= 4 is 5.78 Å². The summed E-state index contributed by atoms with van der Waals surface area (Å²) in [5.74, 6) is 0.793. The molecule has 1 atom stereocenters. The molecular weight excluding hydrogens is 152 g/mol. The van der Waals surface area contributed by atoms with Crippen molar-refractivity contribution in [3.63, 3.8) is 0 Å². The van der Waals surface area contributed by atoms with Crippen LogP contribution in [0.2, 0.25) is 0 Å². The number of allylic oxidation sites excluding steroid dienone is 4. The molecule has 0 N–H and O–H groups in total. The van der Waals surface area contributed by atoms with Gasteiger partial charge in [-0.25, -0.2) is 0 Å². The zero-order valence-corrected chi connectivity index (χ0v) is 6.91. The highest BCUT2D eigenvalue weighted by atomic mass is 16.5. The van der Waals surface area contributed by atoms with Gasteiger partial charge < -0.3 is 4.74 Å². The van der Waals surface area contributed by atoms with Gasteiger partial charge in [-0.2, -0.15) is 0 Å². The maximum absolute atomic E-state index is 11.4. The molecule has 62 valence electrons. The second-order valence-corrected chi connectivity index (χ2v) is 2.98. The van der Waals surface area contributed by atoms with Crippen LogP contribution in [0.5, 0.6) is 0 Å². The summed E-state index contributed by atoms with van der Waals surface area (Å²) in [5, 5.41) is 0. The molecule has 0 fully saturated rings. The van der Waals surface area contributed by atoms with Crippen molar-refractivity contribution in [3.8, 4) is 0 Å². The van der Waals surface area contributed by atoms with Crippen LogP contribution < -0.4 is 0 Å². The van der Waals surface area contributed by atoms with Crippen molar-refractivity contribution in [2.45, 2.75) is 19.4 Å². The fraction of sp³-hybridized carbons (Fsp3) is 0.300. The summed E-state index contributed by atoms with van der Waals surface area (Å²) in [6.07, 6.45) is 8.13. The van der Waals surface area contributed by atoms with Crippen LogP contribution in [-0.4, -0.2) is 11.9 Å². The predicted molar refractivity (Wildman–Crippen MR) is 45.5 cm³/mol. The number of fused-ring (bicyclic) bond motifs is 1. The molecule has 1 aliphatic carbocycles. The number of carbonyl (C=O) groups excluding carboxylic acids is 1. The van der Waals surface area contributed by atoms with E-state index < -0.39 is 0 Å². The SMILES string of the molecule is CC1=CC(=O)C2=CCC=CC2O1. The third-order valence-corrected chi connectivity index (χ3v) is 2.02. The van der Waals surface area contributed by atoms with E-state index in [1.54, 1.807) is 13.0 Å². The fourth-order valence-corrected chi connectivity index (χ4v) is 1.46. The smallest absolute Gasteiger partial charge is 0.188 e. The molecule has 1 heterocycles. The number of ether oxygens (including phenoxy) is 1. The molecular formula is C10H10O2. The van der Waals surface area contributed by atoms with Crippen LogP contribution in [0.15, 0.2) is 35.6 Å². The Bertz CT molecular complexity index is 308. The molecule has 0 aromatic carbocycles. The first-order chi connectivity index (χ1) is 5.77. The Kier molecular flexibility index (Phi) is 1.61. The normalized spacial score (nSPS) is 27.1. The number of hydrogen-bond acceptors (Lipinski definition) is 2. The molecule has 12 heavy (non-hydrogen) atoms. The maximum atomic E-state index is 11.4. The summed E-state index contributed by atoms with van der Waals surface area (Å²) in [7, 11) is 0. The van der Waals surface area contributed by atoms with Crippen LogP contribution in [0, 0.1) is 0 Å². The van der Waals surface area contributed by atoms with Crippen molar-refractivity contribution < 1.29 is 9.53 Å². The molecule has 0 saturated heterocycles. The minimum absolute atomic E-state index is 0.0908. The highest BCUT2D eigenvalue weighted by molar-refractivity contribution is 6.06. The van der Waals surface area contributed by atoms with Gasteiger partial charge in [0.05, 0.1) is 5.76 Å². The second-order valence-electron chi connectivity index (χ2n) is 2.98. The lowest BCUT2D eigenvalue weighted by atomic mass is 9.96. The number of hydrogen-bond donors (Lipinski definition) is 0. The molecule has 2 nitrogen and oxygen atoms in total. The molecule has 1 unspecified atom stereocenters. The standard InChI is InChI=1S/C10H10O2/c1-7-6-9(11)8-4-2-3-5-10(8)12-7/h3-6,10H,2H2,1H3. The summed E-state index contributed by atoms with van der Waals surface area (Å²) < 4.78 is 5.45. The van der Waals surface area contributed by atoms with Gasteiger partial charge in [0.15, 0.2) is 5.78 Å². The predicted octanol–water partition coefficient (Wildman–Crippen LogP) is 1.74. The van der Waals surface area contributed by atoms with Crippen molar-refractivity contribution in [3.05, 3.63) is 35.6 Å². The summed E-state index contributed by atoms with van der Waals surface area (Å²) in [6, 6.07) is 0. The minimum Gasteiger partial charge on any atom is -0.486 e. The largest absolute Gasteiger partial charge is 0.486 e.